The van der Waals surface area contributed by atoms with Crippen LogP contribution in [0.25, 0.3) is 0 Å². The van der Waals surface area contributed by atoms with E-state index in [0.29, 0.717) is 10.2 Å². The molecule has 0 saturated heterocycles. The SMILES string of the molecule is CCCCn1nnc(I)c1F. The third kappa shape index (κ3) is 2.11. The first-order valence-corrected chi connectivity index (χ1v) is 4.58. The number of hydrogen-bond acceptors (Lipinski definition) is 2. The lowest BCUT2D eigenvalue weighted by molar-refractivity contribution is 0.437. The van der Waals surface area contributed by atoms with Crippen LogP contribution in [-0.2, 0) is 6.54 Å². The van der Waals surface area contributed by atoms with E-state index in [0.717, 1.165) is 12.8 Å². The molecule has 0 aliphatic rings. The molecule has 0 saturated carbocycles. The van der Waals surface area contributed by atoms with Gasteiger partial charge >= 0.3 is 0 Å². The molecule has 0 N–H and O–H groups in total. The van der Waals surface area contributed by atoms with Crippen molar-refractivity contribution < 1.29 is 4.39 Å². The van der Waals surface area contributed by atoms with Crippen LogP contribution in [0, 0.1) is 9.65 Å². The Kier molecular flexibility index (Phi) is 3.22. The van der Waals surface area contributed by atoms with Gasteiger partial charge in [0.2, 0.25) is 5.95 Å². The Morgan fingerprint density at radius 3 is 2.82 bits per heavy atom. The number of rotatable bonds is 3. The van der Waals surface area contributed by atoms with Gasteiger partial charge in [-0.05, 0) is 29.0 Å². The monoisotopic (exact) mass is 269 g/mol. The van der Waals surface area contributed by atoms with Gasteiger partial charge in [0.05, 0.1) is 0 Å². The van der Waals surface area contributed by atoms with Crippen LogP contribution in [0.4, 0.5) is 4.39 Å². The molecule has 0 aliphatic heterocycles. The molecule has 0 radical (unpaired) electrons. The molecule has 1 aromatic rings. The second-order valence-corrected chi connectivity index (χ2v) is 3.27. The van der Waals surface area contributed by atoms with Crippen molar-refractivity contribution in [1.82, 2.24) is 15.0 Å². The summed E-state index contributed by atoms with van der Waals surface area (Å²) in [6.07, 6.45) is 1.98. The average Bonchev–Trinajstić information content (AvgIpc) is 2.31. The van der Waals surface area contributed by atoms with E-state index in [4.69, 9.17) is 0 Å². The highest BCUT2D eigenvalue weighted by molar-refractivity contribution is 14.1. The third-order valence-electron chi connectivity index (χ3n) is 1.36. The van der Waals surface area contributed by atoms with Crippen molar-refractivity contribution in [3.63, 3.8) is 0 Å². The first-order chi connectivity index (χ1) is 5.25. The Labute approximate surface area is 78.1 Å². The van der Waals surface area contributed by atoms with Gasteiger partial charge in [0.25, 0.3) is 0 Å². The van der Waals surface area contributed by atoms with Crippen molar-refractivity contribution in [2.24, 2.45) is 0 Å². The van der Waals surface area contributed by atoms with E-state index in [1.165, 1.54) is 4.68 Å². The summed E-state index contributed by atoms with van der Waals surface area (Å²) < 4.78 is 14.6. The molecule has 11 heavy (non-hydrogen) atoms. The van der Waals surface area contributed by atoms with Crippen molar-refractivity contribution in [3.05, 3.63) is 9.65 Å². The summed E-state index contributed by atoms with van der Waals surface area (Å²) in [4.78, 5) is 0. The zero-order chi connectivity index (χ0) is 8.27. The van der Waals surface area contributed by atoms with Crippen molar-refractivity contribution in [1.29, 1.82) is 0 Å². The molecule has 0 aromatic carbocycles. The minimum Gasteiger partial charge on any atom is -0.218 e. The predicted molar refractivity (Wildman–Crippen MR) is 47.6 cm³/mol. The molecule has 0 spiro atoms. The van der Waals surface area contributed by atoms with Crippen LogP contribution in [0.1, 0.15) is 19.8 Å². The molecule has 0 atom stereocenters. The standard InChI is InChI=1S/C6H9FIN3/c1-2-3-4-11-5(7)6(8)9-10-11/h2-4H2,1H3. The molecule has 0 bridgehead atoms. The number of aryl methyl sites for hydroxylation is 1. The number of hydrogen-bond donors (Lipinski definition) is 0. The smallest absolute Gasteiger partial charge is 0.218 e. The van der Waals surface area contributed by atoms with Gasteiger partial charge in [0.1, 0.15) is 0 Å². The summed E-state index contributed by atoms with van der Waals surface area (Å²) in [6.45, 7) is 2.68. The fraction of sp³-hybridized carbons (Fsp3) is 0.667. The van der Waals surface area contributed by atoms with E-state index < -0.39 is 0 Å². The van der Waals surface area contributed by atoms with Crippen LogP contribution in [0.2, 0.25) is 0 Å². The van der Waals surface area contributed by atoms with E-state index >= 15 is 0 Å². The minimum absolute atomic E-state index is 0.320. The zero-order valence-electron chi connectivity index (χ0n) is 6.22. The highest BCUT2D eigenvalue weighted by Crippen LogP contribution is 2.06. The molecular weight excluding hydrogens is 260 g/mol. The summed E-state index contributed by atoms with van der Waals surface area (Å²) >= 11 is 1.83. The Bertz CT molecular complexity index is 236. The molecule has 1 aromatic heterocycles. The van der Waals surface area contributed by atoms with Crippen molar-refractivity contribution in [3.8, 4) is 0 Å². The minimum atomic E-state index is -0.320. The quantitative estimate of drug-likeness (QED) is 0.784. The van der Waals surface area contributed by atoms with Crippen molar-refractivity contribution in [2.75, 3.05) is 0 Å². The molecular formula is C6H9FIN3. The Hall–Kier alpha value is -0.200. The van der Waals surface area contributed by atoms with E-state index in [2.05, 4.69) is 17.2 Å². The lowest BCUT2D eigenvalue weighted by Crippen LogP contribution is -2.03. The first kappa shape index (κ1) is 8.89. The number of unbranched alkanes of at least 4 members (excludes halogenated alkanes) is 1. The molecule has 0 fully saturated rings. The maximum Gasteiger partial charge on any atom is 0.245 e. The van der Waals surface area contributed by atoms with Crippen molar-refractivity contribution in [2.45, 2.75) is 26.3 Å². The van der Waals surface area contributed by atoms with Gasteiger partial charge < -0.3 is 0 Å². The van der Waals surface area contributed by atoms with Crippen LogP contribution in [0.15, 0.2) is 0 Å². The van der Waals surface area contributed by atoms with Gasteiger partial charge in [-0.15, -0.1) is 5.10 Å². The second-order valence-electron chi connectivity index (χ2n) is 2.25. The molecule has 3 nitrogen and oxygen atoms in total. The lowest BCUT2D eigenvalue weighted by atomic mass is 10.3. The summed E-state index contributed by atoms with van der Waals surface area (Å²) in [5.41, 5.74) is 0. The van der Waals surface area contributed by atoms with Crippen LogP contribution < -0.4 is 0 Å². The number of halogens is 2. The highest BCUT2D eigenvalue weighted by atomic mass is 127. The topological polar surface area (TPSA) is 30.7 Å². The van der Waals surface area contributed by atoms with Gasteiger partial charge in [0, 0.05) is 6.54 Å². The lowest BCUT2D eigenvalue weighted by Gasteiger charge is -1.96. The van der Waals surface area contributed by atoms with Gasteiger partial charge in [-0.3, -0.25) is 0 Å². The average molecular weight is 269 g/mol. The van der Waals surface area contributed by atoms with Crippen molar-refractivity contribution >= 4 is 22.6 Å². The third-order valence-corrected chi connectivity index (χ3v) is 2.02. The second kappa shape index (κ2) is 3.99. The Morgan fingerprint density at radius 2 is 2.36 bits per heavy atom. The molecule has 0 amide bonds. The molecule has 0 aliphatic carbocycles. The predicted octanol–water partition coefficient (Wildman–Crippen LogP) is 1.82. The summed E-state index contributed by atoms with van der Waals surface area (Å²) in [6, 6.07) is 0. The summed E-state index contributed by atoms with van der Waals surface area (Å²) in [5, 5.41) is 7.23. The van der Waals surface area contributed by atoms with Crippen LogP contribution in [0.3, 0.4) is 0 Å². The fourth-order valence-corrected chi connectivity index (χ4v) is 1.11. The van der Waals surface area contributed by atoms with Gasteiger partial charge in [-0.2, -0.15) is 4.39 Å². The molecule has 62 valence electrons. The number of aromatic nitrogens is 3. The van der Waals surface area contributed by atoms with Crippen LogP contribution in [-0.4, -0.2) is 15.0 Å². The van der Waals surface area contributed by atoms with E-state index in [9.17, 15) is 4.39 Å². The zero-order valence-corrected chi connectivity index (χ0v) is 8.38. The largest absolute Gasteiger partial charge is 0.245 e. The Morgan fingerprint density at radius 1 is 1.64 bits per heavy atom. The van der Waals surface area contributed by atoms with Crippen LogP contribution in [0.5, 0.6) is 0 Å². The maximum atomic E-state index is 12.9. The van der Waals surface area contributed by atoms with E-state index in [1.807, 2.05) is 22.6 Å². The van der Waals surface area contributed by atoms with Crippen LogP contribution >= 0.6 is 22.6 Å². The summed E-state index contributed by atoms with van der Waals surface area (Å²) in [7, 11) is 0. The fourth-order valence-electron chi connectivity index (χ4n) is 0.731. The molecule has 0 unspecified atom stereocenters. The number of nitrogens with zero attached hydrogens (tertiary/aromatic N) is 3. The molecule has 5 heteroatoms. The van der Waals surface area contributed by atoms with Gasteiger partial charge in [-0.1, -0.05) is 18.6 Å². The first-order valence-electron chi connectivity index (χ1n) is 3.50. The van der Waals surface area contributed by atoms with Gasteiger partial charge in [0.15, 0.2) is 3.70 Å². The normalized spacial score (nSPS) is 10.5. The Balaban J connectivity index is 2.63. The summed E-state index contributed by atoms with van der Waals surface area (Å²) in [5.74, 6) is -0.320. The van der Waals surface area contributed by atoms with E-state index in [-0.39, 0.29) is 5.95 Å². The molecule has 1 rings (SSSR count). The highest BCUT2D eigenvalue weighted by Gasteiger charge is 2.07. The molecule has 1 heterocycles. The maximum absolute atomic E-state index is 12.9. The van der Waals surface area contributed by atoms with Gasteiger partial charge in [-0.25, -0.2) is 4.68 Å². The van der Waals surface area contributed by atoms with E-state index in [1.54, 1.807) is 0 Å².